The lowest BCUT2D eigenvalue weighted by Crippen LogP contribution is -2.31. The van der Waals surface area contributed by atoms with Crippen molar-refractivity contribution in [3.05, 3.63) is 101 Å². The van der Waals surface area contributed by atoms with Crippen molar-refractivity contribution in [3.8, 4) is 5.75 Å². The Labute approximate surface area is 230 Å². The summed E-state index contributed by atoms with van der Waals surface area (Å²) in [6.45, 7) is 12.0. The molecule has 0 bridgehead atoms. The highest BCUT2D eigenvalue weighted by Crippen LogP contribution is 2.51. The second kappa shape index (κ2) is 11.5. The first-order chi connectivity index (χ1) is 18.1. The van der Waals surface area contributed by atoms with E-state index in [9.17, 15) is 5.11 Å². The number of ether oxygens (including phenoxy) is 1. The van der Waals surface area contributed by atoms with Gasteiger partial charge in [-0.1, -0.05) is 57.2 Å². The van der Waals surface area contributed by atoms with Crippen LogP contribution in [-0.2, 0) is 16.6 Å². The lowest BCUT2D eigenvalue weighted by molar-refractivity contribution is 0.317. The Morgan fingerprint density at radius 1 is 1.08 bits per heavy atom. The molecule has 1 heterocycles. The molecular weight excluding hydrogens is 490 g/mol. The number of phenolic OH excluding ortho intramolecular Hbond substituents is 1. The molecule has 1 aliphatic heterocycles. The maximum atomic E-state index is 10.4. The van der Waals surface area contributed by atoms with Crippen molar-refractivity contribution < 1.29 is 9.84 Å². The fourth-order valence-corrected chi connectivity index (χ4v) is 6.05. The van der Waals surface area contributed by atoms with Gasteiger partial charge in [-0.2, -0.15) is 0 Å². The van der Waals surface area contributed by atoms with E-state index in [4.69, 9.17) is 10.1 Å². The smallest absolute Gasteiger partial charge is 0.215 e. The van der Waals surface area contributed by atoms with Crippen LogP contribution in [0.3, 0.4) is 0 Å². The Morgan fingerprint density at radius 3 is 2.50 bits per heavy atom. The number of fused-ring (bicyclic) bond motifs is 1. The summed E-state index contributed by atoms with van der Waals surface area (Å²) in [6.07, 6.45) is 4.61. The lowest BCUT2D eigenvalue weighted by Gasteiger charge is -2.31. The van der Waals surface area contributed by atoms with E-state index < -0.39 is 0 Å². The minimum atomic E-state index is -0.373. The Bertz CT molecular complexity index is 1340. The molecule has 0 saturated carbocycles. The zero-order chi connectivity index (χ0) is 27.3. The predicted molar refractivity (Wildman–Crippen MR) is 160 cm³/mol. The molecule has 6 heteroatoms. The molecule has 4 rings (SSSR count). The summed E-state index contributed by atoms with van der Waals surface area (Å²) in [4.78, 5) is 8.02. The molecule has 0 radical (unpaired) electrons. The van der Waals surface area contributed by atoms with Gasteiger partial charge in [-0.25, -0.2) is 0 Å². The van der Waals surface area contributed by atoms with E-state index in [-0.39, 0.29) is 28.5 Å². The molecule has 0 aromatic heterocycles. The predicted octanol–water partition coefficient (Wildman–Crippen LogP) is 7.58. The summed E-state index contributed by atoms with van der Waals surface area (Å²) in [5.41, 5.74) is 4.97. The molecular formula is C32H37N3O2S. The molecule has 2 N–H and O–H groups in total. The maximum Gasteiger partial charge on any atom is 0.215 e. The summed E-state index contributed by atoms with van der Waals surface area (Å²) in [7, 11) is 0. The second-order valence-corrected chi connectivity index (χ2v) is 12.5. The van der Waals surface area contributed by atoms with Crippen molar-refractivity contribution in [3.63, 3.8) is 0 Å². The molecule has 1 aliphatic rings. The number of hydrogen-bond acceptors (Lipinski definition) is 6. The molecule has 3 aromatic rings. The normalized spacial score (nSPS) is 18.2. The number of aromatic hydroxyl groups is 1. The first kappa shape index (κ1) is 27.5. The Morgan fingerprint density at radius 2 is 1.79 bits per heavy atom. The van der Waals surface area contributed by atoms with Crippen LogP contribution in [0, 0.1) is 5.41 Å². The van der Waals surface area contributed by atoms with E-state index in [0.717, 1.165) is 35.5 Å². The number of aliphatic imine (C=N–C) groups is 1. The molecule has 1 atom stereocenters. The molecule has 38 heavy (non-hydrogen) atoms. The third kappa shape index (κ3) is 6.13. The topological polar surface area (TPSA) is 68.9 Å². The van der Waals surface area contributed by atoms with Crippen LogP contribution in [0.25, 0.3) is 0 Å². The second-order valence-electron chi connectivity index (χ2n) is 10.6. The van der Waals surface area contributed by atoms with E-state index in [0.29, 0.717) is 0 Å². The van der Waals surface area contributed by atoms with E-state index in [2.05, 4.69) is 74.9 Å². The minimum Gasteiger partial charge on any atom is -0.508 e. The average Bonchev–Trinajstić information content (AvgIpc) is 3.11. The van der Waals surface area contributed by atoms with Gasteiger partial charge in [0.05, 0.1) is 0 Å². The fraction of sp³-hybridized carbons (Fsp3) is 0.312. The largest absolute Gasteiger partial charge is 0.508 e. The fourth-order valence-electron chi connectivity index (χ4n) is 4.97. The van der Waals surface area contributed by atoms with Crippen LogP contribution in [0.2, 0.25) is 0 Å². The number of nitrogens with one attached hydrogen (secondary N) is 1. The van der Waals surface area contributed by atoms with Crippen molar-refractivity contribution >= 4 is 29.6 Å². The van der Waals surface area contributed by atoms with Crippen molar-refractivity contribution in [2.24, 2.45) is 4.99 Å². The zero-order valence-electron chi connectivity index (χ0n) is 22.9. The highest BCUT2D eigenvalue weighted by Gasteiger charge is 2.43. The summed E-state index contributed by atoms with van der Waals surface area (Å²) >= 11 is 1.88. The van der Waals surface area contributed by atoms with E-state index >= 15 is 0 Å². The molecule has 0 saturated heterocycles. The molecule has 0 amide bonds. The summed E-state index contributed by atoms with van der Waals surface area (Å²) in [5.74, 6) is 0.373. The van der Waals surface area contributed by atoms with Crippen LogP contribution in [-0.4, -0.2) is 35.2 Å². The quantitative estimate of drug-likeness (QED) is 0.180. The molecule has 1 unspecified atom stereocenters. The Balaban J connectivity index is 1.65. The van der Waals surface area contributed by atoms with Gasteiger partial charge in [-0.05, 0) is 73.9 Å². The van der Waals surface area contributed by atoms with Gasteiger partial charge in [-0.15, -0.1) is 11.8 Å². The van der Waals surface area contributed by atoms with Gasteiger partial charge in [0.1, 0.15) is 5.75 Å². The number of nitrogens with zero attached hydrogens (tertiary/aromatic N) is 2. The number of anilines is 1. The highest BCUT2D eigenvalue weighted by atomic mass is 32.2. The SMILES string of the molecule is CCN1/C(=C\C=N/COC(=N)c2ccccc2)C(C)(Cc2ccccc2SC(C)(C)C)c2cc(O)ccc21. The van der Waals surface area contributed by atoms with Crippen LogP contribution in [0.4, 0.5) is 5.69 Å². The number of rotatable bonds is 8. The molecule has 0 aliphatic carbocycles. The van der Waals surface area contributed by atoms with Gasteiger partial charge in [-0.3, -0.25) is 10.4 Å². The van der Waals surface area contributed by atoms with E-state index in [1.807, 2.05) is 54.2 Å². The first-order valence-corrected chi connectivity index (χ1v) is 13.8. The van der Waals surface area contributed by atoms with Crippen LogP contribution >= 0.6 is 11.8 Å². The molecule has 0 fully saturated rings. The number of thioether (sulfide) groups is 1. The summed E-state index contributed by atoms with van der Waals surface area (Å²) in [6, 6.07) is 23.7. The third-order valence-electron chi connectivity index (χ3n) is 6.63. The van der Waals surface area contributed by atoms with Gasteiger partial charge in [0.25, 0.3) is 0 Å². The van der Waals surface area contributed by atoms with Crippen LogP contribution in [0.1, 0.15) is 51.3 Å². The molecule has 0 spiro atoms. The van der Waals surface area contributed by atoms with Crippen molar-refractivity contribution in [2.75, 3.05) is 18.2 Å². The number of benzene rings is 3. The van der Waals surface area contributed by atoms with Gasteiger partial charge >= 0.3 is 0 Å². The molecule has 3 aromatic carbocycles. The maximum absolute atomic E-state index is 10.4. The van der Waals surface area contributed by atoms with Gasteiger partial charge in [0.15, 0.2) is 6.73 Å². The highest BCUT2D eigenvalue weighted by molar-refractivity contribution is 8.00. The van der Waals surface area contributed by atoms with Crippen LogP contribution in [0.5, 0.6) is 5.75 Å². The van der Waals surface area contributed by atoms with Crippen molar-refractivity contribution in [1.29, 1.82) is 5.41 Å². The Kier molecular flexibility index (Phi) is 8.32. The van der Waals surface area contributed by atoms with Crippen LogP contribution in [0.15, 0.2) is 94.5 Å². The van der Waals surface area contributed by atoms with Gasteiger partial charge in [0.2, 0.25) is 5.90 Å². The summed E-state index contributed by atoms with van der Waals surface area (Å²) < 4.78 is 5.63. The lowest BCUT2D eigenvalue weighted by atomic mass is 9.76. The number of hydrogen-bond donors (Lipinski definition) is 2. The van der Waals surface area contributed by atoms with E-state index in [1.54, 1.807) is 12.3 Å². The van der Waals surface area contributed by atoms with Gasteiger partial charge in [0, 0.05) is 44.8 Å². The van der Waals surface area contributed by atoms with Gasteiger partial charge < -0.3 is 14.7 Å². The molecule has 198 valence electrons. The third-order valence-corrected chi connectivity index (χ3v) is 7.86. The first-order valence-electron chi connectivity index (χ1n) is 13.0. The molecule has 5 nitrogen and oxygen atoms in total. The zero-order valence-corrected chi connectivity index (χ0v) is 23.7. The number of likely N-dealkylation sites (N-methyl/N-ethyl adjacent to an activating group) is 1. The number of phenols is 1. The van der Waals surface area contributed by atoms with Crippen LogP contribution < -0.4 is 4.90 Å². The summed E-state index contributed by atoms with van der Waals surface area (Å²) in [5, 5.41) is 18.6. The average molecular weight is 528 g/mol. The standard InChI is InChI=1S/C32H37N3O2S/c1-6-35-27-17-16-25(36)20-26(27)32(5,21-24-14-10-11-15-28(24)38-31(2,3)4)29(35)18-19-34-22-37-30(33)23-12-8-7-9-13-23/h7-20,33,36H,6,21-22H2,1-5H3/b29-18-,33-30?,34-19-. The number of allylic oxidation sites excluding steroid dienone is 2. The van der Waals surface area contributed by atoms with Crippen molar-refractivity contribution in [1.82, 2.24) is 0 Å². The minimum absolute atomic E-state index is 0.0686. The van der Waals surface area contributed by atoms with Crippen molar-refractivity contribution in [2.45, 2.75) is 56.1 Å². The monoisotopic (exact) mass is 527 g/mol. The Hall–Kier alpha value is -3.51. The van der Waals surface area contributed by atoms with E-state index in [1.165, 1.54) is 10.5 Å².